The van der Waals surface area contributed by atoms with Crippen LogP contribution in [0.1, 0.15) is 21.7 Å². The number of amides is 1. The van der Waals surface area contributed by atoms with E-state index in [-0.39, 0.29) is 16.5 Å². The number of fused-ring (bicyclic) bond motifs is 1. The number of piperazine rings is 1. The molecular weight excluding hydrogens is 452 g/mol. The van der Waals surface area contributed by atoms with Crippen molar-refractivity contribution in [3.63, 3.8) is 0 Å². The van der Waals surface area contributed by atoms with E-state index in [1.54, 1.807) is 35.4 Å². The van der Waals surface area contributed by atoms with Gasteiger partial charge in [-0.3, -0.25) is 9.59 Å². The molecule has 0 unspecified atom stereocenters. The first kappa shape index (κ1) is 22.0. The smallest absolute Gasteiger partial charge is 0.292 e. The van der Waals surface area contributed by atoms with Crippen molar-refractivity contribution in [3.05, 3.63) is 87.1 Å². The summed E-state index contributed by atoms with van der Waals surface area (Å²) in [7, 11) is 0. The van der Waals surface area contributed by atoms with Gasteiger partial charge in [-0.2, -0.15) is 9.78 Å². The zero-order valence-corrected chi connectivity index (χ0v) is 19.7. The van der Waals surface area contributed by atoms with Gasteiger partial charge in [-0.05, 0) is 44.2 Å². The average Bonchev–Trinajstić information content (AvgIpc) is 2.86. The summed E-state index contributed by atoms with van der Waals surface area (Å²) >= 11 is 6.45. The van der Waals surface area contributed by atoms with E-state index < -0.39 is 0 Å². The van der Waals surface area contributed by atoms with Gasteiger partial charge in [0.2, 0.25) is 0 Å². The summed E-state index contributed by atoms with van der Waals surface area (Å²) < 4.78 is 1.29. The number of aryl methyl sites for hydroxylation is 2. The molecule has 9 heteroatoms. The van der Waals surface area contributed by atoms with Crippen LogP contribution in [0.4, 0.5) is 5.69 Å². The van der Waals surface area contributed by atoms with Crippen LogP contribution >= 0.6 is 11.6 Å². The molecule has 0 spiro atoms. The number of hydrogen-bond acceptors (Lipinski definition) is 6. The van der Waals surface area contributed by atoms with Crippen LogP contribution in [0.5, 0.6) is 0 Å². The molecule has 1 aliphatic heterocycles. The van der Waals surface area contributed by atoms with Crippen molar-refractivity contribution in [2.75, 3.05) is 31.1 Å². The van der Waals surface area contributed by atoms with Gasteiger partial charge >= 0.3 is 0 Å². The highest BCUT2D eigenvalue weighted by atomic mass is 35.5. The summed E-state index contributed by atoms with van der Waals surface area (Å²) in [5.74, 6) is -0.0507. The molecule has 0 atom stereocenters. The molecule has 34 heavy (non-hydrogen) atoms. The first-order valence-electron chi connectivity index (χ1n) is 11.0. The van der Waals surface area contributed by atoms with Crippen LogP contribution in [-0.4, -0.2) is 56.7 Å². The van der Waals surface area contributed by atoms with Crippen LogP contribution in [0.2, 0.25) is 5.02 Å². The van der Waals surface area contributed by atoms with Crippen molar-refractivity contribution in [1.82, 2.24) is 24.6 Å². The molecule has 2 aromatic heterocycles. The van der Waals surface area contributed by atoms with E-state index >= 15 is 0 Å². The van der Waals surface area contributed by atoms with Gasteiger partial charge in [0.15, 0.2) is 0 Å². The first-order chi connectivity index (χ1) is 16.4. The lowest BCUT2D eigenvalue weighted by atomic mass is 10.1. The minimum atomic E-state index is -0.369. The highest BCUT2D eigenvalue weighted by molar-refractivity contribution is 6.33. The maximum Gasteiger partial charge on any atom is 0.292 e. The quantitative estimate of drug-likeness (QED) is 0.452. The SMILES string of the molecule is Cc1nc2ccc(C(=O)N3CCN(c4cnn(-c5ccccc5)c(=O)c4Cl)CC3)cc2nc1C. The summed E-state index contributed by atoms with van der Waals surface area (Å²) in [5, 5.41) is 4.44. The van der Waals surface area contributed by atoms with Crippen LogP contribution in [0.3, 0.4) is 0 Å². The molecule has 0 N–H and O–H groups in total. The molecule has 4 aromatic rings. The Morgan fingerprint density at radius 2 is 1.59 bits per heavy atom. The van der Waals surface area contributed by atoms with Gasteiger partial charge < -0.3 is 9.80 Å². The second-order valence-corrected chi connectivity index (χ2v) is 8.65. The lowest BCUT2D eigenvalue weighted by molar-refractivity contribution is 0.0747. The van der Waals surface area contributed by atoms with Crippen LogP contribution < -0.4 is 10.5 Å². The lowest BCUT2D eigenvalue weighted by Crippen LogP contribution is -2.49. The number of carbonyl (C=O) groups excluding carboxylic acids is 1. The van der Waals surface area contributed by atoms with E-state index in [1.165, 1.54) is 4.68 Å². The molecule has 1 fully saturated rings. The standard InChI is InChI=1S/C25H23ClN6O2/c1-16-17(2)29-21-14-18(8-9-20(21)28-16)24(33)31-12-10-30(11-13-31)22-15-27-32(25(34)23(22)26)19-6-4-3-5-7-19/h3-9,14-15H,10-13H2,1-2H3. The molecule has 1 aliphatic rings. The Bertz CT molecular complexity index is 1450. The molecule has 172 valence electrons. The fourth-order valence-corrected chi connectivity index (χ4v) is 4.34. The highest BCUT2D eigenvalue weighted by Gasteiger charge is 2.25. The number of aromatic nitrogens is 4. The Labute approximate surface area is 201 Å². The van der Waals surface area contributed by atoms with E-state index in [0.717, 1.165) is 16.9 Å². The Balaban J connectivity index is 1.31. The van der Waals surface area contributed by atoms with Crippen LogP contribution in [0, 0.1) is 13.8 Å². The van der Waals surface area contributed by atoms with Crippen molar-refractivity contribution in [2.45, 2.75) is 13.8 Å². The predicted molar refractivity (Wildman–Crippen MR) is 132 cm³/mol. The number of anilines is 1. The molecule has 0 radical (unpaired) electrons. The number of halogens is 1. The van der Waals surface area contributed by atoms with Crippen molar-refractivity contribution in [2.24, 2.45) is 0 Å². The van der Waals surface area contributed by atoms with Crippen LogP contribution in [0.25, 0.3) is 16.7 Å². The monoisotopic (exact) mass is 474 g/mol. The third kappa shape index (κ3) is 4.01. The van der Waals surface area contributed by atoms with Crippen molar-refractivity contribution < 1.29 is 4.79 Å². The zero-order chi connectivity index (χ0) is 23.8. The number of hydrogen-bond donors (Lipinski definition) is 0. The second kappa shape index (κ2) is 8.87. The Morgan fingerprint density at radius 3 is 2.29 bits per heavy atom. The molecule has 0 saturated carbocycles. The normalized spacial score (nSPS) is 14.0. The van der Waals surface area contributed by atoms with E-state index in [9.17, 15) is 9.59 Å². The summed E-state index contributed by atoms with van der Waals surface area (Å²) in [6.07, 6.45) is 1.61. The minimum Gasteiger partial charge on any atom is -0.365 e. The van der Waals surface area contributed by atoms with Gasteiger partial charge in [0.25, 0.3) is 11.5 Å². The number of carbonyl (C=O) groups is 1. The third-order valence-electron chi connectivity index (χ3n) is 6.13. The molecule has 2 aromatic carbocycles. The van der Waals surface area contributed by atoms with Crippen molar-refractivity contribution >= 4 is 34.2 Å². The van der Waals surface area contributed by atoms with Crippen molar-refractivity contribution in [1.29, 1.82) is 0 Å². The van der Waals surface area contributed by atoms with Gasteiger partial charge in [0.1, 0.15) is 5.02 Å². The summed E-state index contributed by atoms with van der Waals surface area (Å²) in [6.45, 7) is 5.95. The van der Waals surface area contributed by atoms with Crippen molar-refractivity contribution in [3.8, 4) is 5.69 Å². The maximum absolute atomic E-state index is 13.1. The number of benzene rings is 2. The Hall–Kier alpha value is -3.78. The van der Waals surface area contributed by atoms with Crippen LogP contribution in [-0.2, 0) is 0 Å². The first-order valence-corrected chi connectivity index (χ1v) is 11.4. The molecule has 1 saturated heterocycles. The lowest BCUT2D eigenvalue weighted by Gasteiger charge is -2.36. The largest absolute Gasteiger partial charge is 0.365 e. The molecule has 0 bridgehead atoms. The van der Waals surface area contributed by atoms with E-state index in [4.69, 9.17) is 11.6 Å². The summed E-state index contributed by atoms with van der Waals surface area (Å²) in [4.78, 5) is 38.8. The van der Waals surface area contributed by atoms with Gasteiger partial charge in [-0.25, -0.2) is 9.97 Å². The molecule has 0 aliphatic carbocycles. The van der Waals surface area contributed by atoms with E-state index in [1.807, 2.05) is 43.0 Å². The number of para-hydroxylation sites is 1. The highest BCUT2D eigenvalue weighted by Crippen LogP contribution is 2.24. The third-order valence-corrected chi connectivity index (χ3v) is 6.49. The van der Waals surface area contributed by atoms with Gasteiger partial charge in [-0.15, -0.1) is 0 Å². The fourth-order valence-electron chi connectivity index (χ4n) is 4.09. The van der Waals surface area contributed by atoms with E-state index in [2.05, 4.69) is 15.1 Å². The molecule has 1 amide bonds. The zero-order valence-electron chi connectivity index (χ0n) is 18.9. The van der Waals surface area contributed by atoms with E-state index in [0.29, 0.717) is 48.6 Å². The molecule has 5 rings (SSSR count). The number of rotatable bonds is 3. The fraction of sp³-hybridized carbons (Fsp3) is 0.240. The van der Waals surface area contributed by atoms with Gasteiger partial charge in [0.05, 0.1) is 40.0 Å². The summed E-state index contributed by atoms with van der Waals surface area (Å²) in [5.41, 5.74) is 4.67. The summed E-state index contributed by atoms with van der Waals surface area (Å²) in [6, 6.07) is 14.6. The van der Waals surface area contributed by atoms with Gasteiger partial charge in [0, 0.05) is 31.7 Å². The Kier molecular flexibility index (Phi) is 5.75. The molecule has 3 heterocycles. The second-order valence-electron chi connectivity index (χ2n) is 8.27. The minimum absolute atomic E-state index is 0.0507. The van der Waals surface area contributed by atoms with Crippen LogP contribution in [0.15, 0.2) is 59.5 Å². The topological polar surface area (TPSA) is 84.2 Å². The molecular formula is C25H23ClN6O2. The predicted octanol–water partition coefficient (Wildman–Crippen LogP) is 3.41. The number of nitrogens with zero attached hydrogens (tertiary/aromatic N) is 6. The molecule has 8 nitrogen and oxygen atoms in total. The maximum atomic E-state index is 13.1. The van der Waals surface area contributed by atoms with Gasteiger partial charge in [-0.1, -0.05) is 29.8 Å². The Morgan fingerprint density at radius 1 is 0.912 bits per heavy atom. The average molecular weight is 475 g/mol.